The molecule has 1 unspecified atom stereocenters. The highest BCUT2D eigenvalue weighted by atomic mass is 35.5. The smallest absolute Gasteiger partial charge is 0.455 e. The van der Waals surface area contributed by atoms with Gasteiger partial charge in [-0.3, -0.25) is 14.6 Å². The SMILES string of the molecule is CC1(C)CCC(CN2CCN(c3ccc(C(=O)NS(=O)(=O)c4ccc(NCC5CN(C6COC6)CCO5)c(S(=O)(=O)C(F)(F)F)c4)c(Oc4cnc5[nH]ccc5c4)c3)CC2)=C(c2ccc(Cl)cc2)C1. The number of allylic oxidation sites excluding steroid dienone is 1. The molecule has 9 rings (SSSR count). The zero-order valence-corrected chi connectivity index (χ0v) is 40.4. The summed E-state index contributed by atoms with van der Waals surface area (Å²) in [5.74, 6) is -0.944. The molecule has 0 spiro atoms. The molecule has 69 heavy (non-hydrogen) atoms. The average molecular weight is 1010 g/mol. The number of ether oxygens (including phenoxy) is 3. The van der Waals surface area contributed by atoms with Crippen molar-refractivity contribution < 1.29 is 49.0 Å². The van der Waals surface area contributed by atoms with Gasteiger partial charge < -0.3 is 29.4 Å². The van der Waals surface area contributed by atoms with E-state index in [1.54, 1.807) is 30.5 Å². The number of morpholine rings is 1. The van der Waals surface area contributed by atoms with E-state index in [1.807, 2.05) is 16.9 Å². The molecule has 1 amide bonds. The van der Waals surface area contributed by atoms with Crippen LogP contribution >= 0.6 is 11.6 Å². The number of aromatic amines is 1. The standard InChI is InChI=1S/C48H53ClF3N7O8S2/c1-47(2)13-11-33(41(24-47)31-3-5-34(49)6-4-31)27-57-15-17-58(18-16-57)35-7-9-40(43(22-35)67-37-21-32-12-14-53-45(32)55-25-37)46(60)56-69(63,64)39-8-10-42(44(23-39)68(61,62)48(50,51)52)54-26-38-28-59(19-20-66-38)36-29-65-30-36/h3-10,12,14,21-23,25,36,38,54H,11,13,15-20,24,26-30H2,1-2H3,(H,53,55)(H,56,60). The van der Waals surface area contributed by atoms with Crippen molar-refractivity contribution in [2.24, 2.45) is 5.41 Å². The number of rotatable bonds is 14. The molecule has 1 atom stereocenters. The molecule has 0 bridgehead atoms. The van der Waals surface area contributed by atoms with Gasteiger partial charge in [-0.05, 0) is 90.4 Å². The topological polar surface area (TPSA) is 175 Å². The zero-order chi connectivity index (χ0) is 48.7. The van der Waals surface area contributed by atoms with Crippen LogP contribution in [0.5, 0.6) is 11.5 Å². The fraction of sp³-hybridized carbons (Fsp3) is 0.417. The molecule has 1 aliphatic carbocycles. The van der Waals surface area contributed by atoms with E-state index in [9.17, 15) is 34.8 Å². The Morgan fingerprint density at radius 3 is 2.46 bits per heavy atom. The van der Waals surface area contributed by atoms with Gasteiger partial charge in [0.1, 0.15) is 22.0 Å². The van der Waals surface area contributed by atoms with Gasteiger partial charge >= 0.3 is 5.51 Å². The summed E-state index contributed by atoms with van der Waals surface area (Å²) in [6, 6.07) is 18.7. The second-order valence-corrected chi connectivity index (χ2v) is 22.7. The predicted octanol–water partition coefficient (Wildman–Crippen LogP) is 7.72. The minimum absolute atomic E-state index is 0.0184. The van der Waals surface area contributed by atoms with Crippen molar-refractivity contribution in [3.05, 3.63) is 107 Å². The van der Waals surface area contributed by atoms with Crippen molar-refractivity contribution in [2.45, 2.75) is 60.6 Å². The Kier molecular flexibility index (Phi) is 13.8. The third kappa shape index (κ3) is 10.9. The number of carbonyl (C=O) groups excluding carboxylic acids is 1. The van der Waals surface area contributed by atoms with Crippen LogP contribution < -0.4 is 19.7 Å². The van der Waals surface area contributed by atoms with Crippen LogP contribution in [0.3, 0.4) is 0 Å². The lowest BCUT2D eigenvalue weighted by Gasteiger charge is -2.42. The van der Waals surface area contributed by atoms with Gasteiger partial charge in [0, 0.05) is 80.7 Å². The van der Waals surface area contributed by atoms with Crippen LogP contribution in [0.15, 0.2) is 101 Å². The number of H-pyrrole nitrogens is 1. The van der Waals surface area contributed by atoms with Crippen LogP contribution in [0.1, 0.15) is 49.0 Å². The number of carbonyl (C=O) groups is 1. The number of halogens is 4. The number of hydrogen-bond acceptors (Lipinski definition) is 13. The number of sulfone groups is 1. The number of piperazine rings is 1. The maximum Gasteiger partial charge on any atom is 0.501 e. The van der Waals surface area contributed by atoms with E-state index in [0.717, 1.165) is 51.0 Å². The first-order valence-corrected chi connectivity index (χ1v) is 26.1. The number of sulfonamides is 1. The van der Waals surface area contributed by atoms with E-state index >= 15 is 0 Å². The van der Waals surface area contributed by atoms with Crippen LogP contribution in [-0.2, 0) is 29.3 Å². The number of benzene rings is 3. The highest BCUT2D eigenvalue weighted by molar-refractivity contribution is 7.92. The molecular formula is C48H53ClF3N7O8S2. The van der Waals surface area contributed by atoms with Gasteiger partial charge in [-0.15, -0.1) is 0 Å². The van der Waals surface area contributed by atoms with Crippen LogP contribution in [0, 0.1) is 5.41 Å². The molecule has 3 aromatic carbocycles. The number of aromatic nitrogens is 2. The van der Waals surface area contributed by atoms with Gasteiger partial charge in [-0.2, -0.15) is 13.2 Å². The second kappa shape index (κ2) is 19.5. The lowest BCUT2D eigenvalue weighted by atomic mass is 9.72. The predicted molar refractivity (Wildman–Crippen MR) is 256 cm³/mol. The Balaban J connectivity index is 0.943. The van der Waals surface area contributed by atoms with E-state index in [4.69, 9.17) is 25.8 Å². The molecular weight excluding hydrogens is 959 g/mol. The average Bonchev–Trinajstić information content (AvgIpc) is 3.76. The van der Waals surface area contributed by atoms with Gasteiger partial charge in [0.05, 0.1) is 54.3 Å². The van der Waals surface area contributed by atoms with Crippen molar-refractivity contribution in [1.82, 2.24) is 24.5 Å². The van der Waals surface area contributed by atoms with E-state index in [2.05, 4.69) is 56.0 Å². The monoisotopic (exact) mass is 1010 g/mol. The summed E-state index contributed by atoms with van der Waals surface area (Å²) < 4.78 is 115. The molecule has 3 saturated heterocycles. The summed E-state index contributed by atoms with van der Waals surface area (Å²) in [4.78, 5) is 25.9. The first kappa shape index (κ1) is 48.8. The molecule has 5 aromatic rings. The van der Waals surface area contributed by atoms with Crippen molar-refractivity contribution in [1.29, 1.82) is 0 Å². The van der Waals surface area contributed by atoms with E-state index in [-0.39, 0.29) is 35.1 Å². The summed E-state index contributed by atoms with van der Waals surface area (Å²) in [6.45, 7) is 10.6. The molecule has 0 radical (unpaired) electrons. The lowest BCUT2D eigenvalue weighted by molar-refractivity contribution is -0.111. The zero-order valence-electron chi connectivity index (χ0n) is 38.0. The van der Waals surface area contributed by atoms with Crippen molar-refractivity contribution in [2.75, 3.05) is 82.4 Å². The van der Waals surface area contributed by atoms with Crippen LogP contribution in [-0.4, -0.2) is 132 Å². The summed E-state index contributed by atoms with van der Waals surface area (Å²) in [5.41, 5.74) is -1.03. The summed E-state index contributed by atoms with van der Waals surface area (Å²) in [6.07, 6.45) is 5.70. The van der Waals surface area contributed by atoms with E-state index < -0.39 is 52.9 Å². The van der Waals surface area contributed by atoms with Gasteiger partial charge in [0.25, 0.3) is 25.8 Å². The molecule has 0 saturated carbocycles. The third-order valence-electron chi connectivity index (χ3n) is 13.3. The minimum atomic E-state index is -6.09. The minimum Gasteiger partial charge on any atom is -0.455 e. The van der Waals surface area contributed by atoms with Crippen molar-refractivity contribution in [3.8, 4) is 11.5 Å². The molecule has 4 aliphatic rings. The fourth-order valence-electron chi connectivity index (χ4n) is 9.23. The van der Waals surface area contributed by atoms with Gasteiger partial charge in [-0.1, -0.05) is 43.2 Å². The summed E-state index contributed by atoms with van der Waals surface area (Å²) >= 11 is 6.24. The van der Waals surface area contributed by atoms with Crippen molar-refractivity contribution in [3.63, 3.8) is 0 Å². The van der Waals surface area contributed by atoms with Gasteiger partial charge in [-0.25, -0.2) is 26.5 Å². The molecule has 2 aromatic heterocycles. The first-order valence-electron chi connectivity index (χ1n) is 22.7. The Morgan fingerprint density at radius 1 is 0.971 bits per heavy atom. The second-order valence-electron chi connectivity index (χ2n) is 18.7. The van der Waals surface area contributed by atoms with E-state index in [0.29, 0.717) is 73.8 Å². The van der Waals surface area contributed by atoms with Gasteiger partial charge in [0.15, 0.2) is 0 Å². The normalized spacial score (nSPS) is 19.9. The Bertz CT molecular complexity index is 2980. The number of nitrogens with one attached hydrogen (secondary N) is 3. The molecule has 3 aliphatic heterocycles. The third-order valence-corrected chi connectivity index (χ3v) is 16.4. The molecule has 21 heteroatoms. The summed E-state index contributed by atoms with van der Waals surface area (Å²) in [7, 11) is -11.1. The first-order chi connectivity index (χ1) is 32.8. The van der Waals surface area contributed by atoms with E-state index in [1.165, 1.54) is 29.0 Å². The molecule has 368 valence electrons. The molecule has 5 heterocycles. The molecule has 3 N–H and O–H groups in total. The Hall–Kier alpha value is -5.22. The van der Waals surface area contributed by atoms with Crippen LogP contribution in [0.25, 0.3) is 16.6 Å². The Labute approximate surface area is 403 Å². The number of amides is 1. The maximum atomic E-state index is 14.1. The quantitative estimate of drug-likeness (QED) is 0.0988. The Morgan fingerprint density at radius 2 is 1.74 bits per heavy atom. The lowest BCUT2D eigenvalue weighted by Crippen LogP contribution is -2.56. The number of hydrogen-bond donors (Lipinski definition) is 3. The van der Waals surface area contributed by atoms with Crippen LogP contribution in [0.2, 0.25) is 5.02 Å². The highest BCUT2D eigenvalue weighted by Crippen LogP contribution is 2.44. The number of pyridine rings is 1. The molecule has 3 fully saturated rings. The highest BCUT2D eigenvalue weighted by Gasteiger charge is 2.48. The van der Waals surface area contributed by atoms with Crippen molar-refractivity contribution >= 4 is 65.3 Å². The number of anilines is 2. The number of fused-ring (bicyclic) bond motifs is 1. The number of nitrogens with zero attached hydrogens (tertiary/aromatic N) is 4. The largest absolute Gasteiger partial charge is 0.501 e. The summed E-state index contributed by atoms with van der Waals surface area (Å²) in [5, 5.41) is 4.13. The fourth-order valence-corrected chi connectivity index (χ4v) is 11.4. The van der Waals surface area contributed by atoms with Crippen LogP contribution in [0.4, 0.5) is 24.5 Å². The molecule has 15 nitrogen and oxygen atoms in total. The maximum absolute atomic E-state index is 14.1. The number of alkyl halides is 3. The van der Waals surface area contributed by atoms with Gasteiger partial charge in [0.2, 0.25) is 0 Å².